The number of aryl methyl sites for hydroxylation is 1. The molecule has 4 heteroatoms. The molecule has 1 saturated heterocycles. The van der Waals surface area contributed by atoms with E-state index in [4.69, 9.17) is 0 Å². The summed E-state index contributed by atoms with van der Waals surface area (Å²) in [5.74, 6) is 3.33. The van der Waals surface area contributed by atoms with Gasteiger partial charge in [0.15, 0.2) is 0 Å². The zero-order valence-corrected chi connectivity index (χ0v) is 10.3. The van der Waals surface area contributed by atoms with Gasteiger partial charge in [-0.2, -0.15) is 16.9 Å². The molecular weight excluding hydrogens is 206 g/mol. The van der Waals surface area contributed by atoms with Crippen LogP contribution in [0.2, 0.25) is 0 Å². The molecular formula is C11H19N3S. The first-order valence-electron chi connectivity index (χ1n) is 5.56. The van der Waals surface area contributed by atoms with Gasteiger partial charge in [-0.1, -0.05) is 0 Å². The standard InChI is InChI=1S/C11H19N3S/c1-12-7-10-8-13-14(2)11(10)9-3-5-15-6-4-9/h8-9,12H,3-7H2,1-2H3. The highest BCUT2D eigenvalue weighted by molar-refractivity contribution is 7.99. The van der Waals surface area contributed by atoms with E-state index in [0.29, 0.717) is 0 Å². The van der Waals surface area contributed by atoms with Crippen molar-refractivity contribution in [3.8, 4) is 0 Å². The Morgan fingerprint density at radius 3 is 2.93 bits per heavy atom. The van der Waals surface area contributed by atoms with E-state index in [1.165, 1.54) is 35.6 Å². The summed E-state index contributed by atoms with van der Waals surface area (Å²) in [6.07, 6.45) is 4.62. The van der Waals surface area contributed by atoms with E-state index in [2.05, 4.69) is 33.9 Å². The zero-order chi connectivity index (χ0) is 10.7. The summed E-state index contributed by atoms with van der Waals surface area (Å²) in [6, 6.07) is 0. The SMILES string of the molecule is CNCc1cnn(C)c1C1CCSCC1. The van der Waals surface area contributed by atoms with Crippen LogP contribution < -0.4 is 5.32 Å². The minimum atomic E-state index is 0.724. The third-order valence-electron chi connectivity index (χ3n) is 3.04. The number of hydrogen-bond acceptors (Lipinski definition) is 3. The first-order chi connectivity index (χ1) is 7.33. The summed E-state index contributed by atoms with van der Waals surface area (Å²) in [7, 11) is 4.06. The largest absolute Gasteiger partial charge is 0.316 e. The van der Waals surface area contributed by atoms with Gasteiger partial charge in [0.05, 0.1) is 6.20 Å². The molecule has 84 valence electrons. The van der Waals surface area contributed by atoms with E-state index in [0.717, 1.165) is 12.5 Å². The summed E-state index contributed by atoms with van der Waals surface area (Å²) in [6.45, 7) is 0.937. The van der Waals surface area contributed by atoms with E-state index in [-0.39, 0.29) is 0 Å². The normalized spacial score (nSPS) is 18.3. The molecule has 15 heavy (non-hydrogen) atoms. The average Bonchev–Trinajstić information content (AvgIpc) is 2.62. The number of thioether (sulfide) groups is 1. The summed E-state index contributed by atoms with van der Waals surface area (Å²) in [4.78, 5) is 0. The second-order valence-electron chi connectivity index (χ2n) is 4.10. The van der Waals surface area contributed by atoms with Gasteiger partial charge < -0.3 is 5.32 Å². The number of nitrogens with one attached hydrogen (secondary N) is 1. The molecule has 1 N–H and O–H groups in total. The van der Waals surface area contributed by atoms with Gasteiger partial charge in [-0.3, -0.25) is 4.68 Å². The fraction of sp³-hybridized carbons (Fsp3) is 0.727. The average molecular weight is 225 g/mol. The molecule has 2 rings (SSSR count). The first kappa shape index (κ1) is 11.0. The van der Waals surface area contributed by atoms with Crippen LogP contribution in [0.15, 0.2) is 6.20 Å². The van der Waals surface area contributed by atoms with Crippen molar-refractivity contribution in [2.45, 2.75) is 25.3 Å². The van der Waals surface area contributed by atoms with Gasteiger partial charge in [-0.25, -0.2) is 0 Å². The molecule has 0 unspecified atom stereocenters. The highest BCUT2D eigenvalue weighted by atomic mass is 32.2. The number of nitrogens with zero attached hydrogens (tertiary/aromatic N) is 2. The van der Waals surface area contributed by atoms with Crippen LogP contribution in [-0.2, 0) is 13.6 Å². The fourth-order valence-corrected chi connectivity index (χ4v) is 3.42. The van der Waals surface area contributed by atoms with Crippen molar-refractivity contribution in [1.82, 2.24) is 15.1 Å². The quantitative estimate of drug-likeness (QED) is 0.850. The Morgan fingerprint density at radius 1 is 1.53 bits per heavy atom. The second kappa shape index (κ2) is 5.03. The first-order valence-corrected chi connectivity index (χ1v) is 6.71. The van der Waals surface area contributed by atoms with Crippen LogP contribution in [0.4, 0.5) is 0 Å². The Bertz CT molecular complexity index is 316. The molecule has 1 aliphatic heterocycles. The molecule has 1 aromatic rings. The van der Waals surface area contributed by atoms with Crippen molar-refractivity contribution in [2.75, 3.05) is 18.6 Å². The van der Waals surface area contributed by atoms with Crippen molar-refractivity contribution >= 4 is 11.8 Å². The Morgan fingerprint density at radius 2 is 2.27 bits per heavy atom. The maximum atomic E-state index is 4.38. The van der Waals surface area contributed by atoms with Crippen molar-refractivity contribution in [2.24, 2.45) is 7.05 Å². The fourth-order valence-electron chi connectivity index (χ4n) is 2.32. The molecule has 2 heterocycles. The molecule has 0 spiro atoms. The smallest absolute Gasteiger partial charge is 0.0537 e. The van der Waals surface area contributed by atoms with Gasteiger partial charge in [0.25, 0.3) is 0 Å². The summed E-state index contributed by atoms with van der Waals surface area (Å²) >= 11 is 2.08. The van der Waals surface area contributed by atoms with E-state index in [1.807, 2.05) is 13.2 Å². The lowest BCUT2D eigenvalue weighted by atomic mass is 9.95. The molecule has 0 aliphatic carbocycles. The number of aromatic nitrogens is 2. The Hall–Kier alpha value is -0.480. The molecule has 1 aromatic heterocycles. The van der Waals surface area contributed by atoms with Crippen LogP contribution in [-0.4, -0.2) is 28.3 Å². The molecule has 1 aliphatic rings. The van der Waals surface area contributed by atoms with Gasteiger partial charge in [0.2, 0.25) is 0 Å². The number of hydrogen-bond donors (Lipinski definition) is 1. The van der Waals surface area contributed by atoms with Gasteiger partial charge in [0.1, 0.15) is 0 Å². The maximum Gasteiger partial charge on any atom is 0.0537 e. The molecule has 0 amide bonds. The van der Waals surface area contributed by atoms with Crippen molar-refractivity contribution in [1.29, 1.82) is 0 Å². The van der Waals surface area contributed by atoms with E-state index in [1.54, 1.807) is 0 Å². The number of rotatable bonds is 3. The lowest BCUT2D eigenvalue weighted by Gasteiger charge is -2.22. The maximum absolute atomic E-state index is 4.38. The van der Waals surface area contributed by atoms with Crippen molar-refractivity contribution < 1.29 is 0 Å². The molecule has 3 nitrogen and oxygen atoms in total. The second-order valence-corrected chi connectivity index (χ2v) is 5.32. The van der Waals surface area contributed by atoms with Crippen molar-refractivity contribution in [3.05, 3.63) is 17.5 Å². The van der Waals surface area contributed by atoms with Crippen LogP contribution in [0.1, 0.15) is 30.0 Å². The van der Waals surface area contributed by atoms with E-state index >= 15 is 0 Å². The lowest BCUT2D eigenvalue weighted by molar-refractivity contribution is 0.563. The van der Waals surface area contributed by atoms with Crippen LogP contribution in [0.25, 0.3) is 0 Å². The monoisotopic (exact) mass is 225 g/mol. The van der Waals surface area contributed by atoms with Gasteiger partial charge in [-0.05, 0) is 31.4 Å². The van der Waals surface area contributed by atoms with Gasteiger partial charge in [-0.15, -0.1) is 0 Å². The molecule has 0 saturated carbocycles. The van der Waals surface area contributed by atoms with Gasteiger partial charge >= 0.3 is 0 Å². The summed E-state index contributed by atoms with van der Waals surface area (Å²) < 4.78 is 2.06. The van der Waals surface area contributed by atoms with Crippen LogP contribution >= 0.6 is 11.8 Å². The predicted molar refractivity (Wildman–Crippen MR) is 65.3 cm³/mol. The highest BCUT2D eigenvalue weighted by Crippen LogP contribution is 2.32. The predicted octanol–water partition coefficient (Wildman–Crippen LogP) is 1.75. The topological polar surface area (TPSA) is 29.9 Å². The van der Waals surface area contributed by atoms with E-state index in [9.17, 15) is 0 Å². The molecule has 0 radical (unpaired) electrons. The molecule has 0 atom stereocenters. The third-order valence-corrected chi connectivity index (χ3v) is 4.09. The van der Waals surface area contributed by atoms with Crippen molar-refractivity contribution in [3.63, 3.8) is 0 Å². The zero-order valence-electron chi connectivity index (χ0n) is 9.49. The minimum absolute atomic E-state index is 0.724. The van der Waals surface area contributed by atoms with Crippen LogP contribution in [0, 0.1) is 0 Å². The molecule has 0 aromatic carbocycles. The van der Waals surface area contributed by atoms with Crippen LogP contribution in [0.3, 0.4) is 0 Å². The minimum Gasteiger partial charge on any atom is -0.316 e. The Labute approximate surface area is 95.6 Å². The van der Waals surface area contributed by atoms with Crippen LogP contribution in [0.5, 0.6) is 0 Å². The Kier molecular flexibility index (Phi) is 3.70. The van der Waals surface area contributed by atoms with Gasteiger partial charge in [0, 0.05) is 30.8 Å². The third kappa shape index (κ3) is 2.37. The lowest BCUT2D eigenvalue weighted by Crippen LogP contribution is -2.15. The van der Waals surface area contributed by atoms with E-state index < -0.39 is 0 Å². The summed E-state index contributed by atoms with van der Waals surface area (Å²) in [5, 5.41) is 7.60. The Balaban J connectivity index is 2.19. The molecule has 1 fully saturated rings. The summed E-state index contributed by atoms with van der Waals surface area (Å²) in [5.41, 5.74) is 2.82. The molecule has 0 bridgehead atoms. The highest BCUT2D eigenvalue weighted by Gasteiger charge is 2.21.